The topological polar surface area (TPSA) is 84.3 Å². The monoisotopic (exact) mass is 502 g/mol. The number of hydrogen-bond acceptors (Lipinski definition) is 7. The molecule has 1 saturated heterocycles. The molecule has 2 aliphatic heterocycles. The number of ether oxygens (including phenoxy) is 2. The van der Waals surface area contributed by atoms with E-state index in [-0.39, 0.29) is 18.1 Å². The molecule has 188 valence electrons. The summed E-state index contributed by atoms with van der Waals surface area (Å²) in [6.45, 7) is 5.21. The van der Waals surface area contributed by atoms with Gasteiger partial charge < -0.3 is 28.7 Å². The molecule has 2 aliphatic rings. The number of nitrogens with zero attached hydrogens (tertiary/aromatic N) is 4. The molecule has 0 bridgehead atoms. The Morgan fingerprint density at radius 1 is 1.17 bits per heavy atom. The molecule has 4 rings (SSSR count). The maximum atomic E-state index is 13.7. The van der Waals surface area contributed by atoms with Crippen molar-refractivity contribution >= 4 is 40.1 Å². The van der Waals surface area contributed by atoms with Crippen molar-refractivity contribution in [1.82, 2.24) is 14.4 Å². The summed E-state index contributed by atoms with van der Waals surface area (Å²) >= 11 is 6.38. The minimum absolute atomic E-state index is 0.00184. The molecule has 35 heavy (non-hydrogen) atoms. The largest absolute Gasteiger partial charge is 0.488 e. The van der Waals surface area contributed by atoms with E-state index in [1.54, 1.807) is 28.5 Å². The fraction of sp³-hybridized carbons (Fsp3) is 0.480. The van der Waals surface area contributed by atoms with Crippen molar-refractivity contribution in [1.29, 1.82) is 0 Å². The highest BCUT2D eigenvalue weighted by Crippen LogP contribution is 2.32. The van der Waals surface area contributed by atoms with Gasteiger partial charge >= 0.3 is 5.97 Å². The molecule has 0 atom stereocenters. The second-order valence-electron chi connectivity index (χ2n) is 8.85. The Hall–Kier alpha value is -3.04. The Bertz CT molecular complexity index is 1210. The fourth-order valence-electron chi connectivity index (χ4n) is 4.51. The zero-order valence-corrected chi connectivity index (χ0v) is 21.1. The number of esters is 1. The van der Waals surface area contributed by atoms with Gasteiger partial charge in [0.05, 0.1) is 24.4 Å². The Balaban J connectivity index is 1.77. The van der Waals surface area contributed by atoms with Crippen LogP contribution in [0.1, 0.15) is 23.7 Å². The first-order valence-electron chi connectivity index (χ1n) is 11.9. The minimum Gasteiger partial charge on any atom is -0.488 e. The van der Waals surface area contributed by atoms with Crippen LogP contribution in [0.3, 0.4) is 0 Å². The Morgan fingerprint density at radius 2 is 1.91 bits per heavy atom. The van der Waals surface area contributed by atoms with Gasteiger partial charge in [-0.15, -0.1) is 0 Å². The second-order valence-corrected chi connectivity index (χ2v) is 9.29. The zero-order valence-electron chi connectivity index (χ0n) is 20.4. The van der Waals surface area contributed by atoms with Gasteiger partial charge in [0.25, 0.3) is 11.5 Å². The molecule has 2 aromatic rings. The summed E-state index contributed by atoms with van der Waals surface area (Å²) < 4.78 is 12.4. The van der Waals surface area contributed by atoms with E-state index < -0.39 is 11.5 Å². The van der Waals surface area contributed by atoms with Crippen molar-refractivity contribution in [2.24, 2.45) is 0 Å². The van der Waals surface area contributed by atoms with E-state index in [2.05, 4.69) is 0 Å². The highest BCUT2D eigenvalue weighted by atomic mass is 35.5. The van der Waals surface area contributed by atoms with Crippen LogP contribution >= 0.6 is 11.6 Å². The average molecular weight is 503 g/mol. The number of amides is 1. The van der Waals surface area contributed by atoms with E-state index in [1.165, 1.54) is 0 Å². The predicted molar refractivity (Wildman–Crippen MR) is 135 cm³/mol. The maximum Gasteiger partial charge on any atom is 0.345 e. The summed E-state index contributed by atoms with van der Waals surface area (Å²) in [4.78, 5) is 45.3. The van der Waals surface area contributed by atoms with E-state index in [9.17, 15) is 14.4 Å². The lowest BCUT2D eigenvalue weighted by atomic mass is 10.1. The Labute approximate surface area is 209 Å². The highest BCUT2D eigenvalue weighted by molar-refractivity contribution is 6.31. The highest BCUT2D eigenvalue weighted by Gasteiger charge is 2.31. The number of likely N-dealkylation sites (N-methyl/N-ethyl adjacent to an activating group) is 1. The number of rotatable bonds is 7. The summed E-state index contributed by atoms with van der Waals surface area (Å²) in [6.07, 6.45) is 2.55. The van der Waals surface area contributed by atoms with Gasteiger partial charge in [-0.05, 0) is 45.3 Å². The third kappa shape index (κ3) is 5.16. The number of benzene rings is 1. The Kier molecular flexibility index (Phi) is 7.66. The number of hydrogen-bond donors (Lipinski definition) is 0. The molecule has 1 aromatic carbocycles. The van der Waals surface area contributed by atoms with Gasteiger partial charge in [0.1, 0.15) is 5.56 Å². The lowest BCUT2D eigenvalue weighted by molar-refractivity contribution is -0.130. The minimum atomic E-state index is -0.656. The van der Waals surface area contributed by atoms with Crippen LogP contribution in [0, 0.1) is 0 Å². The third-order valence-corrected chi connectivity index (χ3v) is 6.48. The van der Waals surface area contributed by atoms with Crippen molar-refractivity contribution in [2.75, 3.05) is 64.9 Å². The molecule has 1 fully saturated rings. The molecule has 0 saturated carbocycles. The fourth-order valence-corrected chi connectivity index (χ4v) is 4.68. The van der Waals surface area contributed by atoms with Crippen molar-refractivity contribution in [3.8, 4) is 0 Å². The summed E-state index contributed by atoms with van der Waals surface area (Å²) in [5.74, 6) is -0.387. The molecule has 0 radical (unpaired) electrons. The number of carbonyl (C=O) groups excluding carboxylic acids is 2. The third-order valence-electron chi connectivity index (χ3n) is 6.25. The van der Waals surface area contributed by atoms with Crippen molar-refractivity contribution in [2.45, 2.75) is 19.9 Å². The smallest absolute Gasteiger partial charge is 0.345 e. The van der Waals surface area contributed by atoms with Crippen LogP contribution in [0.2, 0.25) is 5.02 Å². The van der Waals surface area contributed by atoms with E-state index in [0.717, 1.165) is 6.42 Å². The molecule has 9 nitrogen and oxygen atoms in total. The van der Waals surface area contributed by atoms with Crippen LogP contribution in [0.25, 0.3) is 10.9 Å². The summed E-state index contributed by atoms with van der Waals surface area (Å²) in [5, 5.41) is 1.21. The van der Waals surface area contributed by atoms with E-state index in [4.69, 9.17) is 21.1 Å². The lowest BCUT2D eigenvalue weighted by Crippen LogP contribution is -2.50. The number of carbonyl (C=O) groups is 2. The molecule has 10 heteroatoms. The van der Waals surface area contributed by atoms with Gasteiger partial charge in [-0.25, -0.2) is 4.79 Å². The van der Waals surface area contributed by atoms with Gasteiger partial charge in [0.15, 0.2) is 5.76 Å². The van der Waals surface area contributed by atoms with Crippen LogP contribution in [0.5, 0.6) is 0 Å². The molecular formula is C25H31ClN4O5. The van der Waals surface area contributed by atoms with Crippen molar-refractivity contribution in [3.63, 3.8) is 0 Å². The maximum absolute atomic E-state index is 13.7. The normalized spacial score (nSPS) is 16.0. The number of halogens is 1. The zero-order chi connectivity index (χ0) is 25.1. The van der Waals surface area contributed by atoms with Crippen LogP contribution < -0.4 is 10.5 Å². The lowest BCUT2D eigenvalue weighted by Gasteiger charge is -2.37. The summed E-state index contributed by atoms with van der Waals surface area (Å²) in [5.41, 5.74) is 0.822. The first-order valence-corrected chi connectivity index (χ1v) is 12.2. The van der Waals surface area contributed by atoms with Crippen molar-refractivity contribution in [3.05, 3.63) is 51.0 Å². The Morgan fingerprint density at radius 3 is 2.54 bits per heavy atom. The molecular weight excluding hydrogens is 472 g/mol. The molecule has 1 amide bonds. The van der Waals surface area contributed by atoms with Crippen LogP contribution in [0.15, 0.2) is 34.8 Å². The van der Waals surface area contributed by atoms with Crippen LogP contribution in [-0.2, 0) is 20.8 Å². The second kappa shape index (κ2) is 10.7. The SMILES string of the molecule is CCOC(=O)c1c(N2CCN(C(=O)C3=CCCO3)CC2)c2cc(Cl)ccc2n(CCN(C)C)c1=O. The first-order chi connectivity index (χ1) is 16.8. The van der Waals surface area contributed by atoms with Crippen LogP contribution in [-0.4, -0.2) is 86.3 Å². The number of anilines is 1. The van der Waals surface area contributed by atoms with E-state index in [0.29, 0.717) is 73.2 Å². The molecule has 3 heterocycles. The van der Waals surface area contributed by atoms with Gasteiger partial charge in [0, 0.05) is 56.1 Å². The predicted octanol–water partition coefficient (Wildman–Crippen LogP) is 2.35. The van der Waals surface area contributed by atoms with Gasteiger partial charge in [0.2, 0.25) is 0 Å². The van der Waals surface area contributed by atoms with Gasteiger partial charge in [-0.3, -0.25) is 9.59 Å². The van der Waals surface area contributed by atoms with E-state index in [1.807, 2.05) is 36.0 Å². The first kappa shape index (κ1) is 25.1. The number of aromatic nitrogens is 1. The summed E-state index contributed by atoms with van der Waals surface area (Å²) in [6, 6.07) is 5.35. The summed E-state index contributed by atoms with van der Waals surface area (Å²) in [7, 11) is 3.86. The van der Waals surface area contributed by atoms with Gasteiger partial charge in [-0.2, -0.15) is 0 Å². The average Bonchev–Trinajstić information content (AvgIpc) is 3.37. The quantitative estimate of drug-likeness (QED) is 0.537. The molecule has 0 unspecified atom stereocenters. The van der Waals surface area contributed by atoms with E-state index >= 15 is 0 Å². The number of fused-ring (bicyclic) bond motifs is 1. The standard InChI is InChI=1S/C25H31ClN4O5/c1-4-34-25(33)21-22(28-10-12-29(13-11-28)23(31)20-6-5-15-35-20)18-16-17(26)7-8-19(18)30(24(21)32)14-9-27(2)3/h6-8,16H,4-5,9-15H2,1-3H3. The van der Waals surface area contributed by atoms with Crippen LogP contribution in [0.4, 0.5) is 5.69 Å². The van der Waals surface area contributed by atoms with Crippen molar-refractivity contribution < 1.29 is 19.1 Å². The number of piperazine rings is 1. The molecule has 1 aromatic heterocycles. The molecule has 0 aliphatic carbocycles. The molecule has 0 spiro atoms. The number of pyridine rings is 1. The molecule has 0 N–H and O–H groups in total. The van der Waals surface area contributed by atoms with Gasteiger partial charge in [-0.1, -0.05) is 11.6 Å².